The highest BCUT2D eigenvalue weighted by molar-refractivity contribution is 7.25. The number of aromatic nitrogens is 3. The molecule has 0 saturated carbocycles. The molecule has 0 fully saturated rings. The van der Waals surface area contributed by atoms with Crippen molar-refractivity contribution in [1.82, 2.24) is 14.5 Å². The van der Waals surface area contributed by atoms with Gasteiger partial charge in [0.15, 0.2) is 11.6 Å². The van der Waals surface area contributed by atoms with Gasteiger partial charge in [-0.2, -0.15) is 0 Å². The molecular weight excluding hydrogens is 567 g/mol. The van der Waals surface area contributed by atoms with Crippen LogP contribution in [0.1, 0.15) is 25.0 Å². The summed E-state index contributed by atoms with van der Waals surface area (Å²) in [7, 11) is 0. The van der Waals surface area contributed by atoms with E-state index in [4.69, 9.17) is 9.97 Å². The van der Waals surface area contributed by atoms with Gasteiger partial charge in [-0.1, -0.05) is 111 Å². The first kappa shape index (κ1) is 25.1. The highest BCUT2D eigenvalue weighted by Gasteiger charge is 2.35. The van der Waals surface area contributed by atoms with E-state index in [0.29, 0.717) is 0 Å². The van der Waals surface area contributed by atoms with E-state index in [2.05, 4.69) is 146 Å². The second-order valence-corrected chi connectivity index (χ2v) is 13.7. The second kappa shape index (κ2) is 8.87. The van der Waals surface area contributed by atoms with Gasteiger partial charge in [0.1, 0.15) is 4.83 Å². The monoisotopic (exact) mass is 593 g/mol. The van der Waals surface area contributed by atoms with Crippen molar-refractivity contribution >= 4 is 64.2 Å². The minimum absolute atomic E-state index is 0.0969. The summed E-state index contributed by atoms with van der Waals surface area (Å²) < 4.78 is 3.59. The number of hydrogen-bond acceptors (Lipinski definition) is 3. The molecule has 0 spiro atoms. The van der Waals surface area contributed by atoms with Crippen molar-refractivity contribution in [2.24, 2.45) is 0 Å². The Morgan fingerprint density at radius 2 is 1.29 bits per heavy atom. The van der Waals surface area contributed by atoms with Crippen LogP contribution in [0, 0.1) is 0 Å². The summed E-state index contributed by atoms with van der Waals surface area (Å²) in [5.41, 5.74) is 8.57. The second-order valence-electron chi connectivity index (χ2n) is 12.6. The van der Waals surface area contributed by atoms with Crippen LogP contribution in [-0.2, 0) is 5.41 Å². The average molecular weight is 594 g/mol. The van der Waals surface area contributed by atoms with Crippen LogP contribution >= 0.6 is 11.3 Å². The van der Waals surface area contributed by atoms with Gasteiger partial charge in [-0.25, -0.2) is 9.97 Å². The van der Waals surface area contributed by atoms with Gasteiger partial charge < -0.3 is 0 Å². The molecule has 3 nitrogen and oxygen atoms in total. The van der Waals surface area contributed by atoms with Crippen LogP contribution in [0.15, 0.2) is 127 Å². The number of rotatable bonds is 2. The van der Waals surface area contributed by atoms with E-state index in [1.807, 2.05) is 0 Å². The molecule has 3 aromatic heterocycles. The number of para-hydroxylation sites is 1. The molecule has 10 rings (SSSR count). The highest BCUT2D eigenvalue weighted by Crippen LogP contribution is 2.49. The van der Waals surface area contributed by atoms with E-state index in [-0.39, 0.29) is 5.41 Å². The van der Waals surface area contributed by atoms with Crippen LogP contribution in [0.25, 0.3) is 81.2 Å². The normalized spacial score (nSPS) is 13.7. The molecule has 0 saturated heterocycles. The fourth-order valence-electron chi connectivity index (χ4n) is 7.62. The maximum Gasteiger partial charge on any atom is 0.163 e. The number of benzene rings is 6. The predicted molar refractivity (Wildman–Crippen MR) is 190 cm³/mol. The van der Waals surface area contributed by atoms with Gasteiger partial charge in [0.25, 0.3) is 0 Å². The van der Waals surface area contributed by atoms with Crippen LogP contribution in [0.4, 0.5) is 0 Å². The molecule has 4 heteroatoms. The highest BCUT2D eigenvalue weighted by atomic mass is 32.1. The van der Waals surface area contributed by atoms with Gasteiger partial charge in [0, 0.05) is 31.8 Å². The smallest absolute Gasteiger partial charge is 0.163 e. The number of hydrogen-bond donors (Lipinski definition) is 0. The quantitative estimate of drug-likeness (QED) is 0.200. The van der Waals surface area contributed by atoms with E-state index in [0.717, 1.165) is 38.5 Å². The number of nitrogens with zero attached hydrogens (tertiary/aromatic N) is 3. The average Bonchev–Trinajstić information content (AvgIpc) is 3.69. The third-order valence-electron chi connectivity index (χ3n) is 9.81. The molecule has 1 aliphatic carbocycles. The fourth-order valence-corrected chi connectivity index (χ4v) is 8.69. The summed E-state index contributed by atoms with van der Waals surface area (Å²) in [4.78, 5) is 11.8. The molecule has 0 unspecified atom stereocenters. The van der Waals surface area contributed by atoms with Gasteiger partial charge in [-0.05, 0) is 63.4 Å². The van der Waals surface area contributed by atoms with Crippen LogP contribution in [0.5, 0.6) is 0 Å². The van der Waals surface area contributed by atoms with Crippen molar-refractivity contribution in [3.63, 3.8) is 0 Å². The predicted octanol–water partition coefficient (Wildman–Crippen LogP) is 11.1. The Morgan fingerprint density at radius 1 is 0.578 bits per heavy atom. The lowest BCUT2D eigenvalue weighted by Gasteiger charge is -2.21. The molecule has 0 bridgehead atoms. The van der Waals surface area contributed by atoms with Crippen molar-refractivity contribution in [3.8, 4) is 28.3 Å². The van der Waals surface area contributed by atoms with Crippen molar-refractivity contribution < 1.29 is 0 Å². The van der Waals surface area contributed by atoms with Crippen molar-refractivity contribution in [2.75, 3.05) is 0 Å². The molecule has 1 aliphatic rings. The molecule has 212 valence electrons. The number of thiophene rings is 1. The first-order chi connectivity index (χ1) is 22.1. The van der Waals surface area contributed by atoms with Crippen molar-refractivity contribution in [3.05, 3.63) is 139 Å². The summed E-state index contributed by atoms with van der Waals surface area (Å²) >= 11 is 1.75. The SMILES string of the molecule is CC1(C)c2ccccc2-c2ccc(-c3nc(-n4c5ccccc5c5cc6ccccc6cc54)c4c(n3)sc3ccccc34)cc21. The van der Waals surface area contributed by atoms with Gasteiger partial charge in [-0.3, -0.25) is 4.57 Å². The molecule has 9 aromatic rings. The minimum Gasteiger partial charge on any atom is -0.293 e. The zero-order valence-corrected chi connectivity index (χ0v) is 25.7. The summed E-state index contributed by atoms with van der Waals surface area (Å²) in [6.45, 7) is 4.65. The lowest BCUT2D eigenvalue weighted by molar-refractivity contribution is 0.660. The molecule has 0 amide bonds. The Bertz CT molecular complexity index is 2690. The van der Waals surface area contributed by atoms with Crippen LogP contribution in [0.2, 0.25) is 0 Å². The largest absolute Gasteiger partial charge is 0.293 e. The topological polar surface area (TPSA) is 30.7 Å². The van der Waals surface area contributed by atoms with Crippen LogP contribution in [0.3, 0.4) is 0 Å². The zero-order chi connectivity index (χ0) is 29.9. The van der Waals surface area contributed by atoms with Gasteiger partial charge in [0.05, 0.1) is 16.4 Å². The van der Waals surface area contributed by atoms with Crippen molar-refractivity contribution in [2.45, 2.75) is 19.3 Å². The third kappa shape index (κ3) is 3.40. The summed E-state index contributed by atoms with van der Waals surface area (Å²) in [5, 5.41) is 7.21. The van der Waals surface area contributed by atoms with Crippen LogP contribution in [-0.4, -0.2) is 14.5 Å². The molecule has 45 heavy (non-hydrogen) atoms. The fraction of sp³-hybridized carbons (Fsp3) is 0.0732. The molecule has 0 N–H and O–H groups in total. The standard InChI is InChI=1S/C41H27N3S/c1-41(2)32-16-8-5-13-27(32)28-20-19-26(22-33(28)41)38-42-39(37-30-15-7-10-18-36(30)45-40(37)43-38)44-34-17-9-6-14-29(34)31-21-24-11-3-4-12-25(24)23-35(31)44/h3-23H,1-2H3. The zero-order valence-electron chi connectivity index (χ0n) is 24.9. The van der Waals surface area contributed by atoms with E-state index in [1.54, 1.807) is 11.3 Å². The molecular formula is C41H27N3S. The first-order valence-electron chi connectivity index (χ1n) is 15.4. The summed E-state index contributed by atoms with van der Waals surface area (Å²) in [6, 6.07) is 46.2. The molecule has 0 radical (unpaired) electrons. The molecule has 6 aromatic carbocycles. The summed E-state index contributed by atoms with van der Waals surface area (Å²) in [6.07, 6.45) is 0. The molecule has 3 heterocycles. The molecule has 0 aliphatic heterocycles. The van der Waals surface area contributed by atoms with Gasteiger partial charge in [-0.15, -0.1) is 11.3 Å². The third-order valence-corrected chi connectivity index (χ3v) is 10.9. The van der Waals surface area contributed by atoms with E-state index in [9.17, 15) is 0 Å². The lowest BCUT2D eigenvalue weighted by atomic mass is 9.82. The molecule has 0 atom stereocenters. The van der Waals surface area contributed by atoms with E-state index < -0.39 is 0 Å². The van der Waals surface area contributed by atoms with Gasteiger partial charge >= 0.3 is 0 Å². The maximum absolute atomic E-state index is 5.50. The summed E-state index contributed by atoms with van der Waals surface area (Å²) in [5.74, 6) is 1.68. The van der Waals surface area contributed by atoms with E-state index in [1.165, 1.54) is 53.9 Å². The Kier molecular flexibility index (Phi) is 4.94. The first-order valence-corrected chi connectivity index (χ1v) is 16.2. The Balaban J connectivity index is 1.31. The van der Waals surface area contributed by atoms with Gasteiger partial charge in [0.2, 0.25) is 0 Å². The Labute approximate surface area is 264 Å². The van der Waals surface area contributed by atoms with Crippen molar-refractivity contribution in [1.29, 1.82) is 0 Å². The minimum atomic E-state index is -0.0969. The Morgan fingerprint density at radius 3 is 2.18 bits per heavy atom. The van der Waals surface area contributed by atoms with E-state index >= 15 is 0 Å². The Hall–Kier alpha value is -5.32. The number of fused-ring (bicyclic) bond motifs is 10. The van der Waals surface area contributed by atoms with Crippen LogP contribution < -0.4 is 0 Å². The maximum atomic E-state index is 5.50. The lowest BCUT2D eigenvalue weighted by Crippen LogP contribution is -2.15.